The van der Waals surface area contributed by atoms with Crippen LogP contribution in [0.4, 0.5) is 5.69 Å². The minimum Gasteiger partial charge on any atom is -0.481 e. The van der Waals surface area contributed by atoms with Gasteiger partial charge in [0, 0.05) is 17.4 Å². The van der Waals surface area contributed by atoms with Gasteiger partial charge in [-0.15, -0.1) is 0 Å². The van der Waals surface area contributed by atoms with Gasteiger partial charge in [-0.2, -0.15) is 0 Å². The van der Waals surface area contributed by atoms with E-state index >= 15 is 0 Å². The van der Waals surface area contributed by atoms with Crippen molar-refractivity contribution in [2.75, 3.05) is 11.9 Å². The maximum Gasteiger partial charge on any atom is 0.303 e. The van der Waals surface area contributed by atoms with Crippen LogP contribution in [-0.4, -0.2) is 17.6 Å². The Labute approximate surface area is 103 Å². The zero-order chi connectivity index (χ0) is 11.5. The lowest BCUT2D eigenvalue weighted by atomic mass is 9.99. The van der Waals surface area contributed by atoms with Crippen molar-refractivity contribution in [3.63, 3.8) is 0 Å². The number of fused-ring (bicyclic) bond motifs is 1. The van der Waals surface area contributed by atoms with Gasteiger partial charge in [0.2, 0.25) is 0 Å². The average Bonchev–Trinajstić information content (AvgIpc) is 2.26. The molecule has 1 aromatic carbocycles. The first-order valence-electron chi connectivity index (χ1n) is 5.44. The molecular formula is C12H14BrNO2. The van der Waals surface area contributed by atoms with Crippen LogP contribution in [0.2, 0.25) is 0 Å². The van der Waals surface area contributed by atoms with Crippen molar-refractivity contribution in [1.29, 1.82) is 0 Å². The van der Waals surface area contributed by atoms with Crippen molar-refractivity contribution in [1.82, 2.24) is 0 Å². The maximum absolute atomic E-state index is 10.5. The Bertz CT molecular complexity index is 418. The number of hydrogen-bond donors (Lipinski definition) is 2. The molecule has 0 fully saturated rings. The van der Waals surface area contributed by atoms with E-state index in [2.05, 4.69) is 27.3 Å². The van der Waals surface area contributed by atoms with E-state index in [4.69, 9.17) is 5.11 Å². The first-order valence-corrected chi connectivity index (χ1v) is 6.23. The number of anilines is 1. The first kappa shape index (κ1) is 11.5. The van der Waals surface area contributed by atoms with Crippen molar-refractivity contribution in [3.05, 3.63) is 27.7 Å². The average molecular weight is 284 g/mol. The highest BCUT2D eigenvalue weighted by Crippen LogP contribution is 2.32. The van der Waals surface area contributed by atoms with E-state index in [1.807, 2.05) is 6.07 Å². The fraction of sp³-hybridized carbons (Fsp3) is 0.417. The van der Waals surface area contributed by atoms with Crippen LogP contribution in [0.15, 0.2) is 16.6 Å². The number of rotatable bonds is 3. The van der Waals surface area contributed by atoms with Gasteiger partial charge < -0.3 is 10.4 Å². The molecule has 1 aromatic rings. The molecule has 0 bridgehead atoms. The maximum atomic E-state index is 10.5. The molecule has 2 rings (SSSR count). The third-order valence-corrected chi connectivity index (χ3v) is 3.41. The molecule has 0 saturated carbocycles. The monoisotopic (exact) mass is 283 g/mol. The molecule has 0 amide bonds. The topological polar surface area (TPSA) is 49.3 Å². The summed E-state index contributed by atoms with van der Waals surface area (Å²) in [6.07, 6.45) is 3.00. The van der Waals surface area contributed by atoms with Crippen LogP contribution in [0.25, 0.3) is 0 Å². The van der Waals surface area contributed by atoms with Gasteiger partial charge in [0.15, 0.2) is 0 Å². The number of aryl methyl sites for hydroxylation is 2. The first-order chi connectivity index (χ1) is 7.66. The van der Waals surface area contributed by atoms with Crippen LogP contribution >= 0.6 is 15.9 Å². The molecule has 4 heteroatoms. The Balaban J connectivity index is 2.21. The molecule has 0 aliphatic carbocycles. The van der Waals surface area contributed by atoms with Crippen LogP contribution in [-0.2, 0) is 17.6 Å². The minimum absolute atomic E-state index is 0.193. The number of hydrogen-bond acceptors (Lipinski definition) is 2. The summed E-state index contributed by atoms with van der Waals surface area (Å²) in [7, 11) is 0. The zero-order valence-corrected chi connectivity index (χ0v) is 10.5. The summed E-state index contributed by atoms with van der Waals surface area (Å²) in [5, 5.41) is 12.0. The molecule has 1 heterocycles. The van der Waals surface area contributed by atoms with Gasteiger partial charge in [-0.05, 0) is 52.4 Å². The molecule has 86 valence electrons. The second-order valence-corrected chi connectivity index (χ2v) is 4.89. The van der Waals surface area contributed by atoms with E-state index in [0.29, 0.717) is 6.42 Å². The number of halogens is 1. The third-order valence-electron chi connectivity index (χ3n) is 2.78. The Morgan fingerprint density at radius 3 is 3.06 bits per heavy atom. The highest BCUT2D eigenvalue weighted by molar-refractivity contribution is 9.10. The van der Waals surface area contributed by atoms with Gasteiger partial charge in [0.25, 0.3) is 0 Å². The van der Waals surface area contributed by atoms with Gasteiger partial charge in [-0.25, -0.2) is 0 Å². The molecule has 0 spiro atoms. The number of carboxylic acid groups (broad SMARTS) is 1. The molecular weight excluding hydrogens is 270 g/mol. The largest absolute Gasteiger partial charge is 0.481 e. The van der Waals surface area contributed by atoms with Crippen LogP contribution in [0, 0.1) is 0 Å². The lowest BCUT2D eigenvalue weighted by molar-refractivity contribution is -0.136. The lowest BCUT2D eigenvalue weighted by Crippen LogP contribution is -2.12. The number of nitrogens with one attached hydrogen (secondary N) is 1. The Morgan fingerprint density at radius 2 is 2.31 bits per heavy atom. The summed E-state index contributed by atoms with van der Waals surface area (Å²) in [5.41, 5.74) is 3.56. The van der Waals surface area contributed by atoms with E-state index < -0.39 is 5.97 Å². The molecule has 0 unspecified atom stereocenters. The van der Waals surface area contributed by atoms with Crippen molar-refractivity contribution in [2.24, 2.45) is 0 Å². The molecule has 0 aromatic heterocycles. The molecule has 2 N–H and O–H groups in total. The summed E-state index contributed by atoms with van der Waals surface area (Å²) >= 11 is 3.53. The van der Waals surface area contributed by atoms with Gasteiger partial charge in [0.1, 0.15) is 0 Å². The summed E-state index contributed by atoms with van der Waals surface area (Å²) in [6.45, 7) is 1.01. The van der Waals surface area contributed by atoms with E-state index in [1.165, 1.54) is 11.3 Å². The Kier molecular flexibility index (Phi) is 3.49. The van der Waals surface area contributed by atoms with E-state index in [0.717, 1.165) is 29.4 Å². The molecule has 3 nitrogen and oxygen atoms in total. The summed E-state index contributed by atoms with van der Waals surface area (Å²) in [5.74, 6) is -0.744. The van der Waals surface area contributed by atoms with Crippen LogP contribution < -0.4 is 5.32 Å². The van der Waals surface area contributed by atoms with Crippen molar-refractivity contribution in [2.45, 2.75) is 25.7 Å². The molecule has 0 atom stereocenters. The number of benzene rings is 1. The van der Waals surface area contributed by atoms with Crippen LogP contribution in [0.5, 0.6) is 0 Å². The second kappa shape index (κ2) is 4.87. The fourth-order valence-electron chi connectivity index (χ4n) is 2.01. The van der Waals surface area contributed by atoms with Gasteiger partial charge in [0.05, 0.1) is 5.69 Å². The van der Waals surface area contributed by atoms with Crippen molar-refractivity contribution in [3.8, 4) is 0 Å². The quantitative estimate of drug-likeness (QED) is 0.897. The van der Waals surface area contributed by atoms with Crippen molar-refractivity contribution >= 4 is 27.6 Å². The number of carboxylic acids is 1. The van der Waals surface area contributed by atoms with Gasteiger partial charge in [-0.3, -0.25) is 4.79 Å². The highest BCUT2D eigenvalue weighted by Gasteiger charge is 2.13. The van der Waals surface area contributed by atoms with Crippen LogP contribution in [0.1, 0.15) is 24.0 Å². The smallest absolute Gasteiger partial charge is 0.303 e. The van der Waals surface area contributed by atoms with Crippen molar-refractivity contribution < 1.29 is 9.90 Å². The number of aliphatic carboxylic acids is 1. The highest BCUT2D eigenvalue weighted by atomic mass is 79.9. The standard InChI is InChI=1S/C12H14BrNO2/c13-10-7-8(3-4-11(15)16)6-9-2-1-5-14-12(9)10/h6-7,14H,1-5H2,(H,15,16). The molecule has 0 saturated heterocycles. The molecule has 16 heavy (non-hydrogen) atoms. The number of carbonyl (C=O) groups is 1. The second-order valence-electron chi connectivity index (χ2n) is 4.04. The molecule has 0 radical (unpaired) electrons. The fourth-order valence-corrected chi connectivity index (χ4v) is 2.70. The van der Waals surface area contributed by atoms with Crippen LogP contribution in [0.3, 0.4) is 0 Å². The lowest BCUT2D eigenvalue weighted by Gasteiger charge is -2.20. The van der Waals surface area contributed by atoms with E-state index in [1.54, 1.807) is 0 Å². The predicted octanol–water partition coefficient (Wildman–Crippen LogP) is 2.82. The SMILES string of the molecule is O=C(O)CCc1cc(Br)c2c(c1)CCCN2. The summed E-state index contributed by atoms with van der Waals surface area (Å²) in [6, 6.07) is 4.13. The third kappa shape index (κ3) is 2.55. The normalized spacial score (nSPS) is 14.1. The Hall–Kier alpha value is -1.03. The predicted molar refractivity (Wildman–Crippen MR) is 66.9 cm³/mol. The molecule has 1 aliphatic heterocycles. The van der Waals surface area contributed by atoms with E-state index in [9.17, 15) is 4.79 Å². The summed E-state index contributed by atoms with van der Waals surface area (Å²) < 4.78 is 1.05. The summed E-state index contributed by atoms with van der Waals surface area (Å²) in [4.78, 5) is 10.5. The van der Waals surface area contributed by atoms with E-state index in [-0.39, 0.29) is 6.42 Å². The van der Waals surface area contributed by atoms with Gasteiger partial charge in [-0.1, -0.05) is 6.07 Å². The van der Waals surface area contributed by atoms with Gasteiger partial charge >= 0.3 is 5.97 Å². The molecule has 1 aliphatic rings. The zero-order valence-electron chi connectivity index (χ0n) is 8.92. The Morgan fingerprint density at radius 1 is 1.50 bits per heavy atom. The minimum atomic E-state index is -0.744.